The molecular formula is C18H36N2. The lowest BCUT2D eigenvalue weighted by Gasteiger charge is -2.39. The smallest absolute Gasteiger partial charge is 0.0100 e. The third-order valence-corrected chi connectivity index (χ3v) is 5.85. The molecule has 118 valence electrons. The van der Waals surface area contributed by atoms with Gasteiger partial charge in [-0.3, -0.25) is 0 Å². The van der Waals surface area contributed by atoms with Crippen LogP contribution >= 0.6 is 0 Å². The summed E-state index contributed by atoms with van der Waals surface area (Å²) in [5, 5.41) is 3.97. The summed E-state index contributed by atoms with van der Waals surface area (Å²) in [6, 6.07) is 0.781. The second-order valence-electron chi connectivity index (χ2n) is 7.72. The summed E-state index contributed by atoms with van der Waals surface area (Å²) in [4.78, 5) is 2.59. The molecule has 2 nitrogen and oxygen atoms in total. The highest BCUT2D eigenvalue weighted by molar-refractivity contribution is 4.86. The van der Waals surface area contributed by atoms with E-state index in [1.54, 1.807) is 0 Å². The van der Waals surface area contributed by atoms with Crippen molar-refractivity contribution in [3.8, 4) is 0 Å². The van der Waals surface area contributed by atoms with Gasteiger partial charge in [0.1, 0.15) is 0 Å². The number of nitrogens with zero attached hydrogens (tertiary/aromatic N) is 1. The van der Waals surface area contributed by atoms with Crippen molar-refractivity contribution in [1.29, 1.82) is 0 Å². The van der Waals surface area contributed by atoms with Crippen LogP contribution in [-0.4, -0.2) is 37.1 Å². The highest BCUT2D eigenvalue weighted by Crippen LogP contribution is 2.33. The molecule has 2 fully saturated rings. The molecule has 0 aromatic carbocycles. The number of piperidine rings is 1. The monoisotopic (exact) mass is 280 g/mol. The molecule has 0 aromatic heterocycles. The van der Waals surface area contributed by atoms with E-state index in [-0.39, 0.29) is 0 Å². The first-order valence-electron chi connectivity index (χ1n) is 9.05. The zero-order valence-electron chi connectivity index (χ0n) is 14.2. The average Bonchev–Trinajstić information content (AvgIpc) is 2.45. The molecular weight excluding hydrogens is 244 g/mol. The van der Waals surface area contributed by atoms with E-state index < -0.39 is 0 Å². The van der Waals surface area contributed by atoms with Crippen LogP contribution in [0.3, 0.4) is 0 Å². The van der Waals surface area contributed by atoms with E-state index in [1.807, 2.05) is 0 Å². The number of hydrogen-bond acceptors (Lipinski definition) is 2. The molecule has 0 radical (unpaired) electrons. The van der Waals surface area contributed by atoms with E-state index in [0.29, 0.717) is 0 Å². The lowest BCUT2D eigenvalue weighted by Crippen LogP contribution is -2.46. The molecule has 20 heavy (non-hydrogen) atoms. The van der Waals surface area contributed by atoms with Crippen molar-refractivity contribution < 1.29 is 0 Å². The van der Waals surface area contributed by atoms with Gasteiger partial charge in [-0.15, -0.1) is 0 Å². The molecule has 1 saturated carbocycles. The number of rotatable bonds is 5. The molecule has 1 heterocycles. The van der Waals surface area contributed by atoms with Crippen LogP contribution in [0.4, 0.5) is 0 Å². The van der Waals surface area contributed by atoms with Crippen LogP contribution < -0.4 is 5.32 Å². The second kappa shape index (κ2) is 7.79. The summed E-state index contributed by atoms with van der Waals surface area (Å²) >= 11 is 0. The van der Waals surface area contributed by atoms with Gasteiger partial charge < -0.3 is 10.2 Å². The standard InChI is InChI=1S/C18H36N2/c1-5-20-10-8-16(9-11-20)13-19-18-12-15(4)6-7-17(18)14(2)3/h14-19H,5-13H2,1-4H3. The largest absolute Gasteiger partial charge is 0.313 e. The third kappa shape index (κ3) is 4.46. The van der Waals surface area contributed by atoms with Gasteiger partial charge in [-0.1, -0.05) is 34.1 Å². The molecule has 3 atom stereocenters. The van der Waals surface area contributed by atoms with Gasteiger partial charge in [-0.2, -0.15) is 0 Å². The van der Waals surface area contributed by atoms with Crippen molar-refractivity contribution in [1.82, 2.24) is 10.2 Å². The van der Waals surface area contributed by atoms with Gasteiger partial charge in [0.2, 0.25) is 0 Å². The Labute approximate surface area is 126 Å². The zero-order chi connectivity index (χ0) is 14.5. The molecule has 1 aliphatic heterocycles. The van der Waals surface area contributed by atoms with E-state index in [1.165, 1.54) is 58.3 Å². The van der Waals surface area contributed by atoms with Crippen molar-refractivity contribution in [2.24, 2.45) is 23.7 Å². The summed E-state index contributed by atoms with van der Waals surface area (Å²) in [7, 11) is 0. The van der Waals surface area contributed by atoms with Crippen LogP contribution in [0, 0.1) is 23.7 Å². The number of hydrogen-bond donors (Lipinski definition) is 1. The van der Waals surface area contributed by atoms with Crippen LogP contribution in [0.1, 0.15) is 59.8 Å². The summed E-state index contributed by atoms with van der Waals surface area (Å²) in [5.74, 6) is 3.58. The second-order valence-corrected chi connectivity index (χ2v) is 7.72. The molecule has 0 spiro atoms. The van der Waals surface area contributed by atoms with E-state index in [2.05, 4.69) is 37.9 Å². The van der Waals surface area contributed by atoms with Gasteiger partial charge in [0.25, 0.3) is 0 Å². The van der Waals surface area contributed by atoms with Crippen LogP contribution in [-0.2, 0) is 0 Å². The molecule has 1 N–H and O–H groups in total. The van der Waals surface area contributed by atoms with E-state index >= 15 is 0 Å². The molecule has 2 aliphatic rings. The first-order chi connectivity index (χ1) is 9.60. The summed E-state index contributed by atoms with van der Waals surface area (Å²) in [6.07, 6.45) is 7.07. The fraction of sp³-hybridized carbons (Fsp3) is 1.00. The molecule has 3 unspecified atom stereocenters. The maximum atomic E-state index is 3.97. The van der Waals surface area contributed by atoms with Crippen molar-refractivity contribution in [2.75, 3.05) is 26.2 Å². The minimum Gasteiger partial charge on any atom is -0.313 e. The van der Waals surface area contributed by atoms with E-state index in [9.17, 15) is 0 Å². The van der Waals surface area contributed by atoms with Crippen LogP contribution in [0.5, 0.6) is 0 Å². The molecule has 0 amide bonds. The SMILES string of the molecule is CCN1CCC(CNC2CC(C)CCC2C(C)C)CC1. The molecule has 2 heteroatoms. The first kappa shape index (κ1) is 16.3. The quantitative estimate of drug-likeness (QED) is 0.824. The minimum atomic E-state index is 0.781. The fourth-order valence-electron chi connectivity index (χ4n) is 4.26. The Morgan fingerprint density at radius 2 is 1.80 bits per heavy atom. The Balaban J connectivity index is 1.76. The maximum Gasteiger partial charge on any atom is 0.0100 e. The third-order valence-electron chi connectivity index (χ3n) is 5.85. The Kier molecular flexibility index (Phi) is 6.35. The summed E-state index contributed by atoms with van der Waals surface area (Å²) in [6.45, 7) is 14.7. The summed E-state index contributed by atoms with van der Waals surface area (Å²) in [5.41, 5.74) is 0. The van der Waals surface area contributed by atoms with Gasteiger partial charge >= 0.3 is 0 Å². The van der Waals surface area contributed by atoms with Crippen molar-refractivity contribution in [3.05, 3.63) is 0 Å². The van der Waals surface area contributed by atoms with Gasteiger partial charge in [-0.25, -0.2) is 0 Å². The predicted octanol–water partition coefficient (Wildman–Crippen LogP) is 3.77. The van der Waals surface area contributed by atoms with Gasteiger partial charge in [-0.05, 0) is 75.5 Å². The topological polar surface area (TPSA) is 15.3 Å². The minimum absolute atomic E-state index is 0.781. The molecule has 1 saturated heterocycles. The number of likely N-dealkylation sites (tertiary alicyclic amines) is 1. The fourth-order valence-corrected chi connectivity index (χ4v) is 4.26. The van der Waals surface area contributed by atoms with Crippen LogP contribution in [0.25, 0.3) is 0 Å². The number of nitrogens with one attached hydrogen (secondary N) is 1. The van der Waals surface area contributed by atoms with Gasteiger partial charge in [0.05, 0.1) is 0 Å². The van der Waals surface area contributed by atoms with E-state index in [0.717, 1.165) is 29.7 Å². The Morgan fingerprint density at radius 1 is 1.10 bits per heavy atom. The van der Waals surface area contributed by atoms with Crippen LogP contribution in [0.2, 0.25) is 0 Å². The highest BCUT2D eigenvalue weighted by atomic mass is 15.1. The maximum absolute atomic E-state index is 3.97. The molecule has 1 aliphatic carbocycles. The molecule has 0 aromatic rings. The molecule has 2 rings (SSSR count). The predicted molar refractivity (Wildman–Crippen MR) is 88.0 cm³/mol. The zero-order valence-corrected chi connectivity index (χ0v) is 14.2. The van der Waals surface area contributed by atoms with Crippen molar-refractivity contribution in [2.45, 2.75) is 65.8 Å². The molecule has 0 bridgehead atoms. The van der Waals surface area contributed by atoms with Gasteiger partial charge in [0, 0.05) is 6.04 Å². The lowest BCUT2D eigenvalue weighted by molar-refractivity contribution is 0.148. The summed E-state index contributed by atoms with van der Waals surface area (Å²) < 4.78 is 0. The Morgan fingerprint density at radius 3 is 2.40 bits per heavy atom. The first-order valence-corrected chi connectivity index (χ1v) is 9.05. The van der Waals surface area contributed by atoms with Gasteiger partial charge in [0.15, 0.2) is 0 Å². The lowest BCUT2D eigenvalue weighted by atomic mass is 9.74. The average molecular weight is 281 g/mol. The van der Waals surface area contributed by atoms with Crippen LogP contribution in [0.15, 0.2) is 0 Å². The Bertz CT molecular complexity index is 269. The van der Waals surface area contributed by atoms with Crippen molar-refractivity contribution >= 4 is 0 Å². The van der Waals surface area contributed by atoms with E-state index in [4.69, 9.17) is 0 Å². The van der Waals surface area contributed by atoms with Crippen molar-refractivity contribution in [3.63, 3.8) is 0 Å². The normalized spacial score (nSPS) is 33.8. The highest BCUT2D eigenvalue weighted by Gasteiger charge is 2.31. The Hall–Kier alpha value is -0.0800.